The zero-order valence-electron chi connectivity index (χ0n) is 16.1. The summed E-state index contributed by atoms with van der Waals surface area (Å²) in [6.45, 7) is 4.71. The van der Waals surface area contributed by atoms with E-state index in [1.165, 1.54) is 0 Å². The molecule has 146 valence electrons. The Labute approximate surface area is 164 Å². The third-order valence-electron chi connectivity index (χ3n) is 5.11. The van der Waals surface area contributed by atoms with Crippen LogP contribution in [0.4, 0.5) is 5.95 Å². The molecule has 4 rings (SSSR count). The molecule has 1 aromatic carbocycles. The average molecular weight is 379 g/mol. The molecular formula is C21H25N5O2. The maximum atomic E-state index is 11.7. The summed E-state index contributed by atoms with van der Waals surface area (Å²) < 4.78 is 2.04. The average Bonchev–Trinajstić information content (AvgIpc) is 3.25. The number of amides is 1. The highest BCUT2D eigenvalue weighted by molar-refractivity contribution is 5.79. The van der Waals surface area contributed by atoms with Gasteiger partial charge in [-0.1, -0.05) is 12.1 Å². The molecule has 2 aromatic heterocycles. The Kier molecular flexibility index (Phi) is 5.14. The van der Waals surface area contributed by atoms with Gasteiger partial charge in [0.1, 0.15) is 11.4 Å². The number of imidazole rings is 1. The minimum absolute atomic E-state index is 0.182. The molecule has 0 saturated carbocycles. The summed E-state index contributed by atoms with van der Waals surface area (Å²) in [5.74, 6) is 1.19. The topological polar surface area (TPSA) is 83.3 Å². The summed E-state index contributed by atoms with van der Waals surface area (Å²) >= 11 is 0. The minimum atomic E-state index is 0.182. The van der Waals surface area contributed by atoms with Crippen molar-refractivity contribution in [2.45, 2.75) is 32.7 Å². The number of pyridine rings is 1. The van der Waals surface area contributed by atoms with Crippen LogP contribution in [0.2, 0.25) is 0 Å². The lowest BCUT2D eigenvalue weighted by molar-refractivity contribution is -0.127. The Balaban J connectivity index is 1.51. The lowest BCUT2D eigenvalue weighted by Crippen LogP contribution is -2.27. The van der Waals surface area contributed by atoms with Gasteiger partial charge in [-0.2, -0.15) is 0 Å². The third kappa shape index (κ3) is 3.78. The molecule has 7 heteroatoms. The van der Waals surface area contributed by atoms with Crippen LogP contribution in [0, 0.1) is 6.92 Å². The zero-order chi connectivity index (χ0) is 19.5. The van der Waals surface area contributed by atoms with Crippen molar-refractivity contribution in [2.24, 2.45) is 0 Å². The van der Waals surface area contributed by atoms with Gasteiger partial charge in [-0.15, -0.1) is 0 Å². The van der Waals surface area contributed by atoms with Gasteiger partial charge in [0, 0.05) is 31.7 Å². The zero-order valence-corrected chi connectivity index (χ0v) is 16.1. The molecule has 0 unspecified atom stereocenters. The normalized spacial score (nSPS) is 14.2. The Morgan fingerprint density at radius 2 is 2.04 bits per heavy atom. The van der Waals surface area contributed by atoms with Crippen LogP contribution in [0.1, 0.15) is 30.7 Å². The quantitative estimate of drug-likeness (QED) is 0.617. The number of anilines is 1. The predicted octanol–water partition coefficient (Wildman–Crippen LogP) is 2.92. The number of aromatic nitrogens is 3. The van der Waals surface area contributed by atoms with Crippen molar-refractivity contribution in [2.75, 3.05) is 25.0 Å². The molecule has 7 nitrogen and oxygen atoms in total. The van der Waals surface area contributed by atoms with Gasteiger partial charge in [0.25, 0.3) is 0 Å². The number of nitrogens with one attached hydrogen (secondary N) is 1. The van der Waals surface area contributed by atoms with E-state index in [4.69, 9.17) is 4.98 Å². The van der Waals surface area contributed by atoms with Gasteiger partial charge in [-0.3, -0.25) is 9.78 Å². The number of rotatable bonds is 7. The number of aromatic hydroxyl groups is 1. The molecule has 1 aliphatic rings. The summed E-state index contributed by atoms with van der Waals surface area (Å²) in [6, 6.07) is 11.4. The molecule has 0 bridgehead atoms. The fourth-order valence-corrected chi connectivity index (χ4v) is 3.65. The number of nitrogens with zero attached hydrogens (tertiary/aromatic N) is 4. The number of aryl methyl sites for hydroxylation is 1. The number of hydrogen-bond donors (Lipinski definition) is 2. The second-order valence-corrected chi connectivity index (χ2v) is 7.19. The summed E-state index contributed by atoms with van der Waals surface area (Å²) in [5, 5.41) is 13.6. The summed E-state index contributed by atoms with van der Waals surface area (Å²) in [4.78, 5) is 22.9. The Morgan fingerprint density at radius 1 is 1.18 bits per heavy atom. The molecule has 0 radical (unpaired) electrons. The highest BCUT2D eigenvalue weighted by Gasteiger charge is 2.19. The molecule has 3 aromatic rings. The van der Waals surface area contributed by atoms with E-state index in [1.807, 2.05) is 40.7 Å². The third-order valence-corrected chi connectivity index (χ3v) is 5.11. The first-order valence-electron chi connectivity index (χ1n) is 9.74. The molecule has 2 N–H and O–H groups in total. The van der Waals surface area contributed by atoms with Crippen LogP contribution in [-0.2, 0) is 11.3 Å². The Hall–Kier alpha value is -3.09. The molecule has 1 amide bonds. The first-order valence-corrected chi connectivity index (χ1v) is 9.74. The van der Waals surface area contributed by atoms with Gasteiger partial charge in [-0.25, -0.2) is 4.98 Å². The van der Waals surface area contributed by atoms with E-state index in [-0.39, 0.29) is 11.7 Å². The largest absolute Gasteiger partial charge is 0.506 e. The monoisotopic (exact) mass is 379 g/mol. The van der Waals surface area contributed by atoms with Crippen LogP contribution >= 0.6 is 0 Å². The van der Waals surface area contributed by atoms with Gasteiger partial charge in [0.05, 0.1) is 17.6 Å². The van der Waals surface area contributed by atoms with Gasteiger partial charge in [0.15, 0.2) is 0 Å². The summed E-state index contributed by atoms with van der Waals surface area (Å²) in [5.41, 5.74) is 3.37. The van der Waals surface area contributed by atoms with Crippen molar-refractivity contribution in [3.8, 4) is 5.75 Å². The van der Waals surface area contributed by atoms with Gasteiger partial charge >= 0.3 is 0 Å². The van der Waals surface area contributed by atoms with E-state index in [1.54, 1.807) is 12.1 Å². The van der Waals surface area contributed by atoms with Gasteiger partial charge in [-0.05, 0) is 44.0 Å². The number of carbonyl (C=O) groups is 1. The number of benzene rings is 1. The number of hydrogen-bond acceptors (Lipinski definition) is 5. The lowest BCUT2D eigenvalue weighted by atomic mass is 10.2. The van der Waals surface area contributed by atoms with Crippen molar-refractivity contribution >= 4 is 22.9 Å². The highest BCUT2D eigenvalue weighted by atomic mass is 16.3. The van der Waals surface area contributed by atoms with Gasteiger partial charge in [0.2, 0.25) is 11.9 Å². The number of para-hydroxylation sites is 2. The molecule has 0 aliphatic carbocycles. The second kappa shape index (κ2) is 7.88. The van der Waals surface area contributed by atoms with Crippen molar-refractivity contribution in [1.82, 2.24) is 19.4 Å². The maximum Gasteiger partial charge on any atom is 0.222 e. The number of likely N-dealkylation sites (tertiary alicyclic amines) is 1. The highest BCUT2D eigenvalue weighted by Crippen LogP contribution is 2.24. The molecule has 3 heterocycles. The second-order valence-electron chi connectivity index (χ2n) is 7.19. The standard InChI is InChI=1S/C21H25N5O2/c1-15-9-10-19(27)17(23-15)14-26-18-7-3-2-6-16(18)24-21(26)22-11-5-13-25-12-4-8-20(25)28/h2-3,6-7,9-10,27H,4-5,8,11-14H2,1H3,(H,22,24). The number of carbonyl (C=O) groups excluding carboxylic acids is 1. The molecule has 0 spiro atoms. The van der Waals surface area contributed by atoms with Crippen LogP contribution in [-0.4, -0.2) is 50.1 Å². The van der Waals surface area contributed by atoms with Crippen molar-refractivity contribution in [3.05, 3.63) is 47.8 Å². The molecule has 0 atom stereocenters. The van der Waals surface area contributed by atoms with E-state index in [0.29, 0.717) is 18.7 Å². The fourth-order valence-electron chi connectivity index (χ4n) is 3.65. The molecule has 1 fully saturated rings. The van der Waals surface area contributed by atoms with Crippen LogP contribution < -0.4 is 5.32 Å². The van der Waals surface area contributed by atoms with Crippen LogP contribution in [0.5, 0.6) is 5.75 Å². The van der Waals surface area contributed by atoms with Crippen molar-refractivity contribution < 1.29 is 9.90 Å². The Morgan fingerprint density at radius 3 is 2.86 bits per heavy atom. The summed E-state index contributed by atoms with van der Waals surface area (Å²) in [6.07, 6.45) is 2.51. The number of fused-ring (bicyclic) bond motifs is 1. The van der Waals surface area contributed by atoms with E-state index < -0.39 is 0 Å². The first-order chi connectivity index (χ1) is 13.6. The molecular weight excluding hydrogens is 354 g/mol. The SMILES string of the molecule is Cc1ccc(O)c(Cn2c(NCCCN3CCCC3=O)nc3ccccc32)n1. The van der Waals surface area contributed by atoms with E-state index in [9.17, 15) is 9.90 Å². The molecule has 28 heavy (non-hydrogen) atoms. The minimum Gasteiger partial charge on any atom is -0.506 e. The smallest absolute Gasteiger partial charge is 0.222 e. The van der Waals surface area contributed by atoms with Crippen LogP contribution in [0.3, 0.4) is 0 Å². The van der Waals surface area contributed by atoms with E-state index in [0.717, 1.165) is 55.2 Å². The van der Waals surface area contributed by atoms with E-state index >= 15 is 0 Å². The lowest BCUT2D eigenvalue weighted by Gasteiger charge is -2.16. The predicted molar refractivity (Wildman–Crippen MR) is 108 cm³/mol. The molecule has 1 aliphatic heterocycles. The van der Waals surface area contributed by atoms with Crippen molar-refractivity contribution in [1.29, 1.82) is 0 Å². The van der Waals surface area contributed by atoms with Crippen LogP contribution in [0.15, 0.2) is 36.4 Å². The van der Waals surface area contributed by atoms with E-state index in [2.05, 4.69) is 10.3 Å². The maximum absolute atomic E-state index is 11.7. The van der Waals surface area contributed by atoms with Crippen LogP contribution in [0.25, 0.3) is 11.0 Å². The van der Waals surface area contributed by atoms with Gasteiger partial charge < -0.3 is 19.9 Å². The summed E-state index contributed by atoms with van der Waals surface area (Å²) in [7, 11) is 0. The first kappa shape index (κ1) is 18.3. The Bertz CT molecular complexity index is 998. The van der Waals surface area contributed by atoms with Crippen molar-refractivity contribution in [3.63, 3.8) is 0 Å². The molecule has 1 saturated heterocycles. The fraction of sp³-hybridized carbons (Fsp3) is 0.381.